The van der Waals surface area contributed by atoms with Crippen LogP contribution >= 0.6 is 0 Å². The SMILES string of the molecule is Cc1ncn(CC2CCN(C3CCN(CC(F)(F)F)C3=O)CC2)c(=O)c1C. The molecule has 0 bridgehead atoms. The van der Waals surface area contributed by atoms with Crippen LogP contribution in [0.25, 0.3) is 0 Å². The lowest BCUT2D eigenvalue weighted by molar-refractivity contribution is -0.159. The third kappa shape index (κ3) is 4.51. The Bertz CT molecular complexity index is 754. The van der Waals surface area contributed by atoms with Gasteiger partial charge in [0.05, 0.1) is 12.4 Å². The number of hydrogen-bond acceptors (Lipinski definition) is 4. The summed E-state index contributed by atoms with van der Waals surface area (Å²) in [6.45, 7) is 4.47. The predicted octanol–water partition coefficient (Wildman–Crippen LogP) is 1.74. The van der Waals surface area contributed by atoms with Crippen molar-refractivity contribution in [2.75, 3.05) is 26.2 Å². The number of likely N-dealkylation sites (tertiary alicyclic amines) is 2. The van der Waals surface area contributed by atoms with Crippen molar-refractivity contribution in [3.05, 3.63) is 27.9 Å². The molecule has 150 valence electrons. The van der Waals surface area contributed by atoms with E-state index in [-0.39, 0.29) is 12.1 Å². The zero-order valence-corrected chi connectivity index (χ0v) is 15.6. The molecule has 1 unspecified atom stereocenters. The van der Waals surface area contributed by atoms with Crippen LogP contribution in [-0.2, 0) is 11.3 Å². The molecule has 2 fully saturated rings. The van der Waals surface area contributed by atoms with Crippen molar-refractivity contribution in [1.29, 1.82) is 0 Å². The van der Waals surface area contributed by atoms with Crippen LogP contribution in [0.4, 0.5) is 13.2 Å². The normalized spacial score (nSPS) is 22.6. The lowest BCUT2D eigenvalue weighted by Crippen LogP contribution is -2.47. The second-order valence-electron chi connectivity index (χ2n) is 7.57. The highest BCUT2D eigenvalue weighted by atomic mass is 19.4. The minimum atomic E-state index is -4.36. The third-order valence-corrected chi connectivity index (χ3v) is 5.70. The lowest BCUT2D eigenvalue weighted by Gasteiger charge is -2.35. The fraction of sp³-hybridized carbons (Fsp3) is 0.722. The van der Waals surface area contributed by atoms with Gasteiger partial charge in [-0.3, -0.25) is 19.1 Å². The first-order valence-electron chi connectivity index (χ1n) is 9.28. The molecule has 1 atom stereocenters. The number of aromatic nitrogens is 2. The minimum absolute atomic E-state index is 0.0290. The summed E-state index contributed by atoms with van der Waals surface area (Å²) in [6.07, 6.45) is -0.720. The quantitative estimate of drug-likeness (QED) is 0.791. The van der Waals surface area contributed by atoms with Gasteiger partial charge in [0.2, 0.25) is 5.91 Å². The van der Waals surface area contributed by atoms with Crippen molar-refractivity contribution in [2.45, 2.75) is 51.9 Å². The van der Waals surface area contributed by atoms with E-state index < -0.39 is 24.7 Å². The number of hydrogen-bond donors (Lipinski definition) is 0. The topological polar surface area (TPSA) is 58.4 Å². The van der Waals surface area contributed by atoms with Gasteiger partial charge in [-0.15, -0.1) is 0 Å². The zero-order chi connectivity index (χ0) is 19.8. The molecular formula is C18H25F3N4O2. The first-order chi connectivity index (χ1) is 12.7. The summed E-state index contributed by atoms with van der Waals surface area (Å²) in [5.74, 6) is -0.119. The molecule has 1 aromatic rings. The number of nitrogens with zero attached hydrogens (tertiary/aromatic N) is 4. The van der Waals surface area contributed by atoms with E-state index in [1.54, 1.807) is 24.7 Å². The van der Waals surface area contributed by atoms with Gasteiger partial charge in [0.15, 0.2) is 0 Å². The van der Waals surface area contributed by atoms with Gasteiger partial charge >= 0.3 is 6.18 Å². The average Bonchev–Trinajstić information content (AvgIpc) is 2.95. The van der Waals surface area contributed by atoms with Crippen molar-refractivity contribution in [3.8, 4) is 0 Å². The smallest absolute Gasteiger partial charge is 0.332 e. The summed E-state index contributed by atoms with van der Waals surface area (Å²) in [7, 11) is 0. The van der Waals surface area contributed by atoms with E-state index in [0.29, 0.717) is 37.5 Å². The number of halogens is 3. The Kier molecular flexibility index (Phi) is 5.60. The summed E-state index contributed by atoms with van der Waals surface area (Å²) in [6, 6.07) is -0.445. The summed E-state index contributed by atoms with van der Waals surface area (Å²) < 4.78 is 39.3. The standard InChI is InChI=1S/C18H25F3N4O2/c1-12-13(2)22-11-25(16(12)26)9-14-3-6-23(7-4-14)15-5-8-24(17(15)27)10-18(19,20)21/h11,14-15H,3-10H2,1-2H3. The van der Waals surface area contributed by atoms with E-state index in [2.05, 4.69) is 4.98 Å². The van der Waals surface area contributed by atoms with Gasteiger partial charge in [0, 0.05) is 24.3 Å². The van der Waals surface area contributed by atoms with Gasteiger partial charge < -0.3 is 4.90 Å². The monoisotopic (exact) mass is 386 g/mol. The fourth-order valence-electron chi connectivity index (χ4n) is 3.97. The van der Waals surface area contributed by atoms with Gasteiger partial charge in [-0.2, -0.15) is 13.2 Å². The molecule has 3 rings (SSSR count). The van der Waals surface area contributed by atoms with Crippen molar-refractivity contribution in [2.24, 2.45) is 5.92 Å². The molecule has 0 radical (unpaired) electrons. The molecule has 0 spiro atoms. The highest BCUT2D eigenvalue weighted by Crippen LogP contribution is 2.27. The molecule has 9 heteroatoms. The van der Waals surface area contributed by atoms with Crippen LogP contribution in [0, 0.1) is 19.8 Å². The molecule has 0 saturated carbocycles. The van der Waals surface area contributed by atoms with Gasteiger partial charge in [-0.05, 0) is 52.1 Å². The predicted molar refractivity (Wildman–Crippen MR) is 93.3 cm³/mol. The van der Waals surface area contributed by atoms with Gasteiger partial charge in [0.25, 0.3) is 5.56 Å². The fourth-order valence-corrected chi connectivity index (χ4v) is 3.97. The number of aryl methyl sites for hydroxylation is 1. The molecule has 2 saturated heterocycles. The Balaban J connectivity index is 1.55. The molecule has 1 aromatic heterocycles. The van der Waals surface area contributed by atoms with E-state index in [1.807, 2.05) is 4.90 Å². The number of carbonyl (C=O) groups excluding carboxylic acids is 1. The minimum Gasteiger partial charge on any atom is -0.332 e. The van der Waals surface area contributed by atoms with E-state index in [9.17, 15) is 22.8 Å². The largest absolute Gasteiger partial charge is 0.406 e. The maximum absolute atomic E-state index is 12.6. The second-order valence-corrected chi connectivity index (χ2v) is 7.57. The molecule has 2 aliphatic heterocycles. The van der Waals surface area contributed by atoms with E-state index in [4.69, 9.17) is 0 Å². The molecule has 27 heavy (non-hydrogen) atoms. The first-order valence-corrected chi connectivity index (χ1v) is 9.28. The highest BCUT2D eigenvalue weighted by molar-refractivity contribution is 5.84. The van der Waals surface area contributed by atoms with Crippen LogP contribution in [0.2, 0.25) is 0 Å². The number of alkyl halides is 3. The Hall–Kier alpha value is -1.90. The number of amides is 1. The number of piperidine rings is 1. The zero-order valence-electron chi connectivity index (χ0n) is 15.6. The van der Waals surface area contributed by atoms with Crippen LogP contribution in [-0.4, -0.2) is 63.7 Å². The summed E-state index contributed by atoms with van der Waals surface area (Å²) in [5, 5.41) is 0. The lowest BCUT2D eigenvalue weighted by atomic mass is 9.95. The Morgan fingerprint density at radius 1 is 1.11 bits per heavy atom. The number of carbonyl (C=O) groups is 1. The van der Waals surface area contributed by atoms with E-state index >= 15 is 0 Å². The van der Waals surface area contributed by atoms with Crippen LogP contribution in [0.15, 0.2) is 11.1 Å². The van der Waals surface area contributed by atoms with Crippen molar-refractivity contribution in [1.82, 2.24) is 19.4 Å². The van der Waals surface area contributed by atoms with Gasteiger partial charge in [0.1, 0.15) is 6.54 Å². The summed E-state index contributed by atoms with van der Waals surface area (Å²) in [4.78, 5) is 31.8. The van der Waals surface area contributed by atoms with Gasteiger partial charge in [-0.1, -0.05) is 0 Å². The summed E-state index contributed by atoms with van der Waals surface area (Å²) >= 11 is 0. The van der Waals surface area contributed by atoms with Gasteiger partial charge in [-0.25, -0.2) is 4.98 Å². The Morgan fingerprint density at radius 2 is 1.78 bits per heavy atom. The molecule has 1 amide bonds. The Labute approximate surface area is 156 Å². The summed E-state index contributed by atoms with van der Waals surface area (Å²) in [5.41, 5.74) is 1.35. The van der Waals surface area contributed by atoms with Crippen molar-refractivity contribution in [3.63, 3.8) is 0 Å². The maximum atomic E-state index is 12.6. The van der Waals surface area contributed by atoms with E-state index in [0.717, 1.165) is 23.4 Å². The molecule has 3 heterocycles. The molecular weight excluding hydrogens is 361 g/mol. The maximum Gasteiger partial charge on any atom is 0.406 e. The first kappa shape index (κ1) is 19.9. The highest BCUT2D eigenvalue weighted by Gasteiger charge is 2.42. The molecule has 0 aromatic carbocycles. The molecule has 0 N–H and O–H groups in total. The van der Waals surface area contributed by atoms with Crippen molar-refractivity contribution >= 4 is 5.91 Å². The van der Waals surface area contributed by atoms with E-state index in [1.165, 1.54) is 0 Å². The van der Waals surface area contributed by atoms with Crippen LogP contribution in [0.1, 0.15) is 30.5 Å². The molecule has 2 aliphatic rings. The van der Waals surface area contributed by atoms with Crippen LogP contribution in [0.3, 0.4) is 0 Å². The van der Waals surface area contributed by atoms with Crippen LogP contribution in [0.5, 0.6) is 0 Å². The van der Waals surface area contributed by atoms with Crippen molar-refractivity contribution < 1.29 is 18.0 Å². The average molecular weight is 386 g/mol. The molecule has 0 aliphatic carbocycles. The molecule has 6 nitrogen and oxygen atoms in total. The number of rotatable bonds is 4. The third-order valence-electron chi connectivity index (χ3n) is 5.70. The second kappa shape index (κ2) is 7.61. The van der Waals surface area contributed by atoms with Crippen LogP contribution < -0.4 is 5.56 Å². The Morgan fingerprint density at radius 3 is 2.41 bits per heavy atom.